The van der Waals surface area contributed by atoms with Crippen LogP contribution in [0.5, 0.6) is 0 Å². The van der Waals surface area contributed by atoms with Crippen LogP contribution in [0.4, 0.5) is 4.39 Å². The molecule has 3 rings (SSSR count). The average Bonchev–Trinajstić information content (AvgIpc) is 2.39. The van der Waals surface area contributed by atoms with Gasteiger partial charge in [-0.3, -0.25) is 11.3 Å². The van der Waals surface area contributed by atoms with Crippen molar-refractivity contribution in [2.75, 3.05) is 0 Å². The lowest BCUT2D eigenvalue weighted by atomic mass is 9.72. The second kappa shape index (κ2) is 5.04. The Morgan fingerprint density at radius 3 is 2.79 bits per heavy atom. The highest BCUT2D eigenvalue weighted by Crippen LogP contribution is 2.43. The monoisotopic (exact) mass is 320 g/mol. The van der Waals surface area contributed by atoms with Crippen LogP contribution in [0.25, 0.3) is 0 Å². The van der Waals surface area contributed by atoms with Crippen LogP contribution in [0, 0.1) is 5.82 Å². The predicted octanol–water partition coefficient (Wildman–Crippen LogP) is 3.43. The van der Waals surface area contributed by atoms with E-state index in [9.17, 15) is 4.39 Å². The second-order valence-electron chi connectivity index (χ2n) is 4.82. The summed E-state index contributed by atoms with van der Waals surface area (Å²) in [5.41, 5.74) is 5.95. The molecule has 3 N–H and O–H groups in total. The van der Waals surface area contributed by atoms with E-state index in [-0.39, 0.29) is 17.8 Å². The third-order valence-corrected chi connectivity index (χ3v) is 4.26. The van der Waals surface area contributed by atoms with Gasteiger partial charge in [-0.25, -0.2) is 4.39 Å². The van der Waals surface area contributed by atoms with Crippen molar-refractivity contribution in [1.29, 1.82) is 0 Å². The zero-order chi connectivity index (χ0) is 13.4. The summed E-state index contributed by atoms with van der Waals surface area (Å²) in [6, 6.07) is 13.0. The van der Waals surface area contributed by atoms with Gasteiger partial charge in [0.2, 0.25) is 0 Å². The van der Waals surface area contributed by atoms with E-state index in [1.165, 1.54) is 17.2 Å². The van der Waals surface area contributed by atoms with Crippen molar-refractivity contribution in [3.05, 3.63) is 69.4 Å². The molecule has 0 spiro atoms. The normalized spacial score (nSPS) is 18.6. The first-order valence-electron chi connectivity index (χ1n) is 6.19. The van der Waals surface area contributed by atoms with Crippen LogP contribution in [-0.2, 0) is 6.42 Å². The van der Waals surface area contributed by atoms with Gasteiger partial charge in [0.25, 0.3) is 0 Å². The van der Waals surface area contributed by atoms with Crippen molar-refractivity contribution < 1.29 is 4.39 Å². The Labute approximate surface area is 119 Å². The number of benzene rings is 2. The fraction of sp³-hybridized carbons (Fsp3) is 0.200. The molecule has 4 heteroatoms. The number of hydrogen-bond donors (Lipinski definition) is 2. The van der Waals surface area contributed by atoms with Crippen LogP contribution in [-0.4, -0.2) is 0 Å². The summed E-state index contributed by atoms with van der Waals surface area (Å²) in [5, 5.41) is 0. The van der Waals surface area contributed by atoms with Gasteiger partial charge in [0.1, 0.15) is 5.82 Å². The molecule has 0 saturated carbocycles. The lowest BCUT2D eigenvalue weighted by Gasteiger charge is -2.36. The molecule has 0 bridgehead atoms. The van der Waals surface area contributed by atoms with Gasteiger partial charge in [-0.1, -0.05) is 40.2 Å². The predicted molar refractivity (Wildman–Crippen MR) is 77.1 cm³/mol. The van der Waals surface area contributed by atoms with Gasteiger partial charge < -0.3 is 0 Å². The summed E-state index contributed by atoms with van der Waals surface area (Å²) >= 11 is 3.38. The highest BCUT2D eigenvalue weighted by Gasteiger charge is 2.34. The molecule has 0 radical (unpaired) electrons. The average molecular weight is 321 g/mol. The van der Waals surface area contributed by atoms with Gasteiger partial charge in [-0.05, 0) is 35.7 Å². The molecule has 1 aliphatic carbocycles. The molecule has 19 heavy (non-hydrogen) atoms. The van der Waals surface area contributed by atoms with E-state index in [0.717, 1.165) is 10.9 Å². The van der Waals surface area contributed by atoms with Crippen molar-refractivity contribution in [2.24, 2.45) is 5.84 Å². The minimum absolute atomic E-state index is 0.201. The van der Waals surface area contributed by atoms with Crippen molar-refractivity contribution in [3.8, 4) is 0 Å². The van der Waals surface area contributed by atoms with Crippen LogP contribution in [0.15, 0.2) is 46.9 Å². The molecular weight excluding hydrogens is 307 g/mol. The molecule has 0 aliphatic heterocycles. The van der Waals surface area contributed by atoms with Crippen LogP contribution in [0.2, 0.25) is 0 Å². The molecular formula is C15H14BrFN2. The SMILES string of the molecule is NNC(c1cc(Br)ccc1F)C1Cc2ccccc21. The van der Waals surface area contributed by atoms with Crippen molar-refractivity contribution >= 4 is 15.9 Å². The van der Waals surface area contributed by atoms with E-state index in [1.807, 2.05) is 12.1 Å². The summed E-state index contributed by atoms with van der Waals surface area (Å²) in [6.45, 7) is 0. The largest absolute Gasteiger partial charge is 0.271 e. The molecule has 98 valence electrons. The van der Waals surface area contributed by atoms with E-state index in [1.54, 1.807) is 12.1 Å². The smallest absolute Gasteiger partial charge is 0.128 e. The minimum atomic E-state index is -0.226. The molecule has 2 nitrogen and oxygen atoms in total. The Morgan fingerprint density at radius 1 is 1.26 bits per heavy atom. The maximum absolute atomic E-state index is 14.0. The molecule has 2 aromatic rings. The van der Waals surface area contributed by atoms with Gasteiger partial charge in [0, 0.05) is 16.0 Å². The zero-order valence-electron chi connectivity index (χ0n) is 10.2. The van der Waals surface area contributed by atoms with Gasteiger partial charge in [0.05, 0.1) is 6.04 Å². The number of nitrogens with two attached hydrogens (primary N) is 1. The van der Waals surface area contributed by atoms with E-state index >= 15 is 0 Å². The molecule has 0 amide bonds. The summed E-state index contributed by atoms with van der Waals surface area (Å²) < 4.78 is 14.8. The fourth-order valence-electron chi connectivity index (χ4n) is 2.77. The maximum Gasteiger partial charge on any atom is 0.128 e. The van der Waals surface area contributed by atoms with E-state index in [4.69, 9.17) is 5.84 Å². The van der Waals surface area contributed by atoms with Crippen LogP contribution < -0.4 is 11.3 Å². The Kier molecular flexibility index (Phi) is 3.39. The Hall–Kier alpha value is -1.23. The molecule has 2 unspecified atom stereocenters. The van der Waals surface area contributed by atoms with Crippen molar-refractivity contribution in [1.82, 2.24) is 5.43 Å². The summed E-state index contributed by atoms with van der Waals surface area (Å²) in [5.74, 6) is 5.66. The Balaban J connectivity index is 1.97. The second-order valence-corrected chi connectivity index (χ2v) is 5.74. The number of nitrogens with one attached hydrogen (secondary N) is 1. The fourth-order valence-corrected chi connectivity index (χ4v) is 3.15. The van der Waals surface area contributed by atoms with E-state index in [0.29, 0.717) is 5.56 Å². The quantitative estimate of drug-likeness (QED) is 0.671. The third kappa shape index (κ3) is 2.20. The minimum Gasteiger partial charge on any atom is -0.271 e. The van der Waals surface area contributed by atoms with E-state index in [2.05, 4.69) is 33.5 Å². The molecule has 0 aromatic heterocycles. The zero-order valence-corrected chi connectivity index (χ0v) is 11.8. The van der Waals surface area contributed by atoms with Gasteiger partial charge in [-0.15, -0.1) is 0 Å². The lowest BCUT2D eigenvalue weighted by molar-refractivity contribution is 0.404. The van der Waals surface area contributed by atoms with Crippen molar-refractivity contribution in [2.45, 2.75) is 18.4 Å². The lowest BCUT2D eigenvalue weighted by Crippen LogP contribution is -2.37. The number of halogens is 2. The van der Waals surface area contributed by atoms with Gasteiger partial charge in [-0.2, -0.15) is 0 Å². The maximum atomic E-state index is 14.0. The van der Waals surface area contributed by atoms with E-state index < -0.39 is 0 Å². The first-order chi connectivity index (χ1) is 9.20. The van der Waals surface area contributed by atoms with Gasteiger partial charge >= 0.3 is 0 Å². The molecule has 2 atom stereocenters. The number of hydrogen-bond acceptors (Lipinski definition) is 2. The number of rotatable bonds is 3. The van der Waals surface area contributed by atoms with Crippen LogP contribution >= 0.6 is 15.9 Å². The molecule has 1 aliphatic rings. The highest BCUT2D eigenvalue weighted by molar-refractivity contribution is 9.10. The Bertz CT molecular complexity index is 615. The first-order valence-corrected chi connectivity index (χ1v) is 6.99. The van der Waals surface area contributed by atoms with Gasteiger partial charge in [0.15, 0.2) is 0 Å². The molecule has 0 saturated heterocycles. The molecule has 0 heterocycles. The third-order valence-electron chi connectivity index (χ3n) is 3.77. The standard InChI is InChI=1S/C15H14BrFN2/c16-10-5-6-14(17)13(8-10)15(19-18)12-7-9-3-1-2-4-11(9)12/h1-6,8,12,15,19H,7,18H2. The summed E-state index contributed by atoms with van der Waals surface area (Å²) in [7, 11) is 0. The molecule has 0 fully saturated rings. The van der Waals surface area contributed by atoms with Crippen molar-refractivity contribution in [3.63, 3.8) is 0 Å². The molecule has 2 aromatic carbocycles. The topological polar surface area (TPSA) is 38.0 Å². The number of fused-ring (bicyclic) bond motifs is 1. The summed E-state index contributed by atoms with van der Waals surface area (Å²) in [6.07, 6.45) is 0.928. The Morgan fingerprint density at radius 2 is 2.05 bits per heavy atom. The van der Waals surface area contributed by atoms with Crippen LogP contribution in [0.1, 0.15) is 28.7 Å². The van der Waals surface area contributed by atoms with Crippen LogP contribution in [0.3, 0.4) is 0 Å². The number of hydrazine groups is 1. The highest BCUT2D eigenvalue weighted by atomic mass is 79.9. The summed E-state index contributed by atoms with van der Waals surface area (Å²) in [4.78, 5) is 0. The first kappa shape index (κ1) is 12.8.